The van der Waals surface area contributed by atoms with Crippen LogP contribution in [0.1, 0.15) is 13.3 Å². The fourth-order valence-corrected chi connectivity index (χ4v) is 0.878. The first-order chi connectivity index (χ1) is 7.92. The minimum Gasteiger partial charge on any atom is -0.497 e. The highest BCUT2D eigenvalue weighted by Crippen LogP contribution is 2.20. The third-order valence-corrected chi connectivity index (χ3v) is 2.20. The molecular weight excluding hydrogens is 215 g/mol. The maximum atomic E-state index is 13.6. The topological polar surface area (TPSA) is 9.23 Å². The molecule has 0 aliphatic carbocycles. The molecule has 0 saturated heterocycles. The molecule has 0 aliphatic rings. The number of rotatable bonds is 7. The summed E-state index contributed by atoms with van der Waals surface area (Å²) < 4.78 is 18.3. The van der Waals surface area contributed by atoms with Gasteiger partial charge in [0.05, 0.1) is 7.11 Å². The summed E-state index contributed by atoms with van der Waals surface area (Å²) in [5.41, 5.74) is 1.66. The third-order valence-electron chi connectivity index (χ3n) is 2.20. The molecule has 0 N–H and O–H groups in total. The normalized spacial score (nSPS) is 11.4. The smallest absolute Gasteiger partial charge is 0.134 e. The van der Waals surface area contributed by atoms with Crippen molar-refractivity contribution in [2.24, 2.45) is 0 Å². The molecule has 2 heteroatoms. The molecular formula is C15H19FO. The Morgan fingerprint density at radius 2 is 1.76 bits per heavy atom. The van der Waals surface area contributed by atoms with Gasteiger partial charge in [0.15, 0.2) is 0 Å². The Labute approximate surface area is 103 Å². The van der Waals surface area contributed by atoms with E-state index in [0.717, 1.165) is 12.0 Å². The van der Waals surface area contributed by atoms with E-state index in [1.807, 2.05) is 6.92 Å². The van der Waals surface area contributed by atoms with Crippen molar-refractivity contribution in [3.63, 3.8) is 0 Å². The number of ether oxygens (including phenoxy) is 1. The Bertz CT molecular complexity index is 397. The number of halogens is 1. The number of methoxy groups -OCH3 is 1. The molecule has 0 fully saturated rings. The van der Waals surface area contributed by atoms with E-state index in [2.05, 4.69) is 26.3 Å². The van der Waals surface area contributed by atoms with Crippen molar-refractivity contribution in [1.82, 2.24) is 0 Å². The number of allylic oxidation sites excluding steroid dienone is 7. The van der Waals surface area contributed by atoms with Crippen LogP contribution in [0, 0.1) is 0 Å². The van der Waals surface area contributed by atoms with Gasteiger partial charge in [0.25, 0.3) is 0 Å². The SMILES string of the molecule is C=C(/C=C\C(=C)C(=C)/C(F)=C\C(=C)OC)CC. The largest absolute Gasteiger partial charge is 0.497 e. The quantitative estimate of drug-likeness (QED) is 0.461. The van der Waals surface area contributed by atoms with Crippen molar-refractivity contribution in [2.75, 3.05) is 7.11 Å². The van der Waals surface area contributed by atoms with Gasteiger partial charge in [-0.2, -0.15) is 0 Å². The van der Waals surface area contributed by atoms with Gasteiger partial charge in [0.2, 0.25) is 0 Å². The van der Waals surface area contributed by atoms with E-state index in [4.69, 9.17) is 4.74 Å². The van der Waals surface area contributed by atoms with Crippen LogP contribution in [0.25, 0.3) is 0 Å². The molecule has 0 bridgehead atoms. The lowest BCUT2D eigenvalue weighted by Crippen LogP contribution is -1.87. The van der Waals surface area contributed by atoms with Gasteiger partial charge < -0.3 is 4.74 Å². The number of hydrogen-bond acceptors (Lipinski definition) is 1. The predicted molar refractivity (Wildman–Crippen MR) is 72.2 cm³/mol. The van der Waals surface area contributed by atoms with Gasteiger partial charge >= 0.3 is 0 Å². The molecule has 0 aromatic carbocycles. The van der Waals surface area contributed by atoms with Crippen LogP contribution in [0.4, 0.5) is 4.39 Å². The first kappa shape index (κ1) is 15.2. The average Bonchev–Trinajstić information content (AvgIpc) is 2.33. The molecule has 0 aromatic rings. The van der Waals surface area contributed by atoms with Crippen LogP contribution < -0.4 is 0 Å². The van der Waals surface area contributed by atoms with Gasteiger partial charge in [-0.05, 0) is 12.0 Å². The second-order valence-electron chi connectivity index (χ2n) is 3.51. The Morgan fingerprint density at radius 1 is 1.18 bits per heavy atom. The van der Waals surface area contributed by atoms with E-state index in [9.17, 15) is 4.39 Å². The van der Waals surface area contributed by atoms with E-state index in [-0.39, 0.29) is 11.3 Å². The zero-order valence-electron chi connectivity index (χ0n) is 10.6. The summed E-state index contributed by atoms with van der Waals surface area (Å²) in [6, 6.07) is 0. The summed E-state index contributed by atoms with van der Waals surface area (Å²) in [5, 5.41) is 0. The summed E-state index contributed by atoms with van der Waals surface area (Å²) in [4.78, 5) is 0. The zero-order valence-corrected chi connectivity index (χ0v) is 10.6. The molecule has 1 nitrogen and oxygen atoms in total. The summed E-state index contributed by atoms with van der Waals surface area (Å²) in [5.74, 6) is -0.271. The van der Waals surface area contributed by atoms with Gasteiger partial charge in [-0.1, -0.05) is 51.0 Å². The van der Waals surface area contributed by atoms with E-state index in [0.29, 0.717) is 5.57 Å². The summed E-state index contributed by atoms with van der Waals surface area (Å²) in [6.45, 7) is 16.7. The van der Waals surface area contributed by atoms with Crippen molar-refractivity contribution in [2.45, 2.75) is 13.3 Å². The fourth-order valence-electron chi connectivity index (χ4n) is 0.878. The van der Waals surface area contributed by atoms with E-state index < -0.39 is 5.83 Å². The van der Waals surface area contributed by atoms with E-state index in [1.54, 1.807) is 12.2 Å². The van der Waals surface area contributed by atoms with Crippen LogP contribution >= 0.6 is 0 Å². The van der Waals surface area contributed by atoms with E-state index >= 15 is 0 Å². The van der Waals surface area contributed by atoms with Gasteiger partial charge in [0, 0.05) is 11.6 Å². The lowest BCUT2D eigenvalue weighted by Gasteiger charge is -2.04. The highest BCUT2D eigenvalue weighted by molar-refractivity contribution is 5.48. The van der Waals surface area contributed by atoms with Crippen LogP contribution in [0.5, 0.6) is 0 Å². The Morgan fingerprint density at radius 3 is 2.24 bits per heavy atom. The molecule has 0 spiro atoms. The first-order valence-corrected chi connectivity index (χ1v) is 5.26. The highest BCUT2D eigenvalue weighted by Gasteiger charge is 2.04. The molecule has 0 amide bonds. The van der Waals surface area contributed by atoms with Crippen LogP contribution in [0.15, 0.2) is 72.8 Å². The summed E-state index contributed by atoms with van der Waals surface area (Å²) in [7, 11) is 1.43. The van der Waals surface area contributed by atoms with Crippen LogP contribution in [-0.4, -0.2) is 7.11 Å². The van der Waals surface area contributed by atoms with Gasteiger partial charge in [-0.15, -0.1) is 0 Å². The molecule has 0 saturated carbocycles. The molecule has 0 aromatic heterocycles. The lowest BCUT2D eigenvalue weighted by atomic mass is 10.1. The standard InChI is InChI=1S/C15H19FO/c1-7-11(2)8-9-12(3)14(5)15(16)10-13(4)17-6/h8-10H,2-5,7H2,1,6H3/b9-8-,15-10+. The minimum absolute atomic E-state index is 0.211. The monoisotopic (exact) mass is 234 g/mol. The lowest BCUT2D eigenvalue weighted by molar-refractivity contribution is 0.307. The molecule has 92 valence electrons. The second-order valence-corrected chi connectivity index (χ2v) is 3.51. The summed E-state index contributed by atoms with van der Waals surface area (Å²) >= 11 is 0. The Balaban J connectivity index is 4.67. The number of hydrogen-bond donors (Lipinski definition) is 0. The maximum absolute atomic E-state index is 13.6. The molecule has 0 unspecified atom stereocenters. The van der Waals surface area contributed by atoms with Crippen molar-refractivity contribution >= 4 is 0 Å². The van der Waals surface area contributed by atoms with Gasteiger partial charge in [0.1, 0.15) is 11.6 Å². The van der Waals surface area contributed by atoms with Crippen molar-refractivity contribution < 1.29 is 9.13 Å². The van der Waals surface area contributed by atoms with Gasteiger partial charge in [-0.3, -0.25) is 0 Å². The highest BCUT2D eigenvalue weighted by atomic mass is 19.1. The Kier molecular flexibility index (Phi) is 6.64. The van der Waals surface area contributed by atoms with Gasteiger partial charge in [-0.25, -0.2) is 4.39 Å². The molecule has 17 heavy (non-hydrogen) atoms. The fraction of sp³-hybridized carbons (Fsp3) is 0.200. The second kappa shape index (κ2) is 7.44. The van der Waals surface area contributed by atoms with Crippen molar-refractivity contribution in [1.29, 1.82) is 0 Å². The average molecular weight is 234 g/mol. The third kappa shape index (κ3) is 5.71. The van der Waals surface area contributed by atoms with E-state index in [1.165, 1.54) is 13.2 Å². The zero-order chi connectivity index (χ0) is 13.4. The molecule has 0 heterocycles. The molecule has 0 aliphatic heterocycles. The molecule has 0 radical (unpaired) electrons. The first-order valence-electron chi connectivity index (χ1n) is 5.26. The summed E-state index contributed by atoms with van der Waals surface area (Å²) in [6.07, 6.45) is 5.51. The van der Waals surface area contributed by atoms with Crippen LogP contribution in [0.2, 0.25) is 0 Å². The van der Waals surface area contributed by atoms with Crippen molar-refractivity contribution in [3.05, 3.63) is 72.8 Å². The molecule has 0 atom stereocenters. The Hall–Kier alpha value is -1.83. The predicted octanol–water partition coefficient (Wildman–Crippen LogP) is 4.63. The minimum atomic E-state index is -0.506. The van der Waals surface area contributed by atoms with Crippen molar-refractivity contribution in [3.8, 4) is 0 Å². The molecule has 0 rings (SSSR count). The van der Waals surface area contributed by atoms with Crippen LogP contribution in [0.3, 0.4) is 0 Å². The van der Waals surface area contributed by atoms with Crippen LogP contribution in [-0.2, 0) is 4.74 Å². The maximum Gasteiger partial charge on any atom is 0.134 e.